The van der Waals surface area contributed by atoms with Gasteiger partial charge in [-0.2, -0.15) is 5.26 Å². The fourth-order valence-electron chi connectivity index (χ4n) is 1.36. The van der Waals surface area contributed by atoms with Gasteiger partial charge in [-0.25, -0.2) is 4.79 Å². The van der Waals surface area contributed by atoms with Crippen LogP contribution >= 0.6 is 0 Å². The molecule has 1 aromatic carbocycles. The summed E-state index contributed by atoms with van der Waals surface area (Å²) in [4.78, 5) is 22.9. The standard InChI is InChI=1S/C13H14N2O3/c1-3-18-13(17)10-5-4-9(2)11(8-10)15-12(16)6-7-14/h4-5,8H,3,6H2,1-2H3,(H,15,16). The first-order chi connectivity index (χ1) is 8.58. The van der Waals surface area contributed by atoms with Crippen LogP contribution in [0.25, 0.3) is 0 Å². The number of nitrogens with one attached hydrogen (secondary N) is 1. The smallest absolute Gasteiger partial charge is 0.338 e. The number of hydrogen-bond acceptors (Lipinski definition) is 4. The number of nitrogens with zero attached hydrogens (tertiary/aromatic N) is 1. The molecule has 0 bridgehead atoms. The highest BCUT2D eigenvalue weighted by Gasteiger charge is 2.10. The van der Waals surface area contributed by atoms with Crippen LogP contribution in [0.2, 0.25) is 0 Å². The van der Waals surface area contributed by atoms with Crippen LogP contribution in [-0.4, -0.2) is 18.5 Å². The molecule has 0 fully saturated rings. The first kappa shape index (κ1) is 13.7. The maximum atomic E-state index is 11.5. The average molecular weight is 246 g/mol. The van der Waals surface area contributed by atoms with Crippen molar-refractivity contribution in [1.82, 2.24) is 0 Å². The van der Waals surface area contributed by atoms with Crippen molar-refractivity contribution in [3.05, 3.63) is 29.3 Å². The number of anilines is 1. The number of carbonyl (C=O) groups is 2. The quantitative estimate of drug-likeness (QED) is 0.824. The van der Waals surface area contributed by atoms with Crippen LogP contribution in [0.5, 0.6) is 0 Å². The van der Waals surface area contributed by atoms with Gasteiger partial charge in [-0.3, -0.25) is 4.79 Å². The average Bonchev–Trinajstić information content (AvgIpc) is 2.32. The van der Waals surface area contributed by atoms with Crippen molar-refractivity contribution in [2.24, 2.45) is 0 Å². The molecule has 0 unspecified atom stereocenters. The molecule has 1 amide bonds. The highest BCUT2D eigenvalue weighted by Crippen LogP contribution is 2.17. The van der Waals surface area contributed by atoms with Crippen LogP contribution in [0.1, 0.15) is 29.3 Å². The van der Waals surface area contributed by atoms with Gasteiger partial charge in [0.15, 0.2) is 0 Å². The summed E-state index contributed by atoms with van der Waals surface area (Å²) in [6.45, 7) is 3.82. The van der Waals surface area contributed by atoms with Gasteiger partial charge in [0.05, 0.1) is 18.2 Å². The number of amides is 1. The van der Waals surface area contributed by atoms with Crippen molar-refractivity contribution in [3.8, 4) is 6.07 Å². The van der Waals surface area contributed by atoms with E-state index >= 15 is 0 Å². The third kappa shape index (κ3) is 3.59. The molecule has 1 rings (SSSR count). The molecule has 0 heterocycles. The number of aryl methyl sites for hydroxylation is 1. The molecule has 94 valence electrons. The lowest BCUT2D eigenvalue weighted by molar-refractivity contribution is -0.115. The molecule has 1 N–H and O–H groups in total. The Labute approximate surface area is 105 Å². The van der Waals surface area contributed by atoms with E-state index in [0.29, 0.717) is 17.9 Å². The minimum atomic E-state index is -0.437. The van der Waals surface area contributed by atoms with Gasteiger partial charge in [0.1, 0.15) is 6.42 Å². The van der Waals surface area contributed by atoms with E-state index in [1.54, 1.807) is 38.1 Å². The summed E-state index contributed by atoms with van der Waals surface area (Å²) < 4.78 is 4.87. The zero-order valence-electron chi connectivity index (χ0n) is 10.3. The summed E-state index contributed by atoms with van der Waals surface area (Å²) in [6.07, 6.45) is -0.219. The largest absolute Gasteiger partial charge is 0.462 e. The molecule has 5 nitrogen and oxygen atoms in total. The number of esters is 1. The van der Waals surface area contributed by atoms with Gasteiger partial charge in [-0.05, 0) is 31.5 Å². The van der Waals surface area contributed by atoms with Crippen LogP contribution in [0.15, 0.2) is 18.2 Å². The zero-order chi connectivity index (χ0) is 13.5. The summed E-state index contributed by atoms with van der Waals surface area (Å²) in [7, 11) is 0. The molecule has 0 aliphatic carbocycles. The Kier molecular flexibility index (Phi) is 4.88. The van der Waals surface area contributed by atoms with E-state index in [-0.39, 0.29) is 6.42 Å². The highest BCUT2D eigenvalue weighted by molar-refractivity contribution is 5.96. The summed E-state index contributed by atoms with van der Waals surface area (Å²) in [6, 6.07) is 6.65. The number of ether oxygens (including phenoxy) is 1. The van der Waals surface area contributed by atoms with Crippen molar-refractivity contribution in [2.45, 2.75) is 20.3 Å². The van der Waals surface area contributed by atoms with Gasteiger partial charge in [0, 0.05) is 5.69 Å². The molecule has 0 spiro atoms. The minimum absolute atomic E-state index is 0.219. The second kappa shape index (κ2) is 6.40. The molecule has 0 aliphatic rings. The second-order valence-electron chi connectivity index (χ2n) is 3.63. The number of nitriles is 1. The SMILES string of the molecule is CCOC(=O)c1ccc(C)c(NC(=O)CC#N)c1. The van der Waals surface area contributed by atoms with Crippen LogP contribution in [0, 0.1) is 18.3 Å². The van der Waals surface area contributed by atoms with Crippen molar-refractivity contribution in [1.29, 1.82) is 5.26 Å². The molecule has 0 saturated heterocycles. The van der Waals surface area contributed by atoms with E-state index in [4.69, 9.17) is 10.00 Å². The molecule has 0 aromatic heterocycles. The zero-order valence-corrected chi connectivity index (χ0v) is 10.3. The van der Waals surface area contributed by atoms with E-state index in [1.165, 1.54) is 0 Å². The molecule has 0 aliphatic heterocycles. The number of rotatable bonds is 4. The first-order valence-electron chi connectivity index (χ1n) is 5.53. The lowest BCUT2D eigenvalue weighted by Gasteiger charge is -2.09. The van der Waals surface area contributed by atoms with Crippen molar-refractivity contribution < 1.29 is 14.3 Å². The van der Waals surface area contributed by atoms with Gasteiger partial charge < -0.3 is 10.1 Å². The van der Waals surface area contributed by atoms with Gasteiger partial charge >= 0.3 is 5.97 Å². The molecule has 0 radical (unpaired) electrons. The van der Waals surface area contributed by atoms with Crippen molar-refractivity contribution in [2.75, 3.05) is 11.9 Å². The Hall–Kier alpha value is -2.35. The minimum Gasteiger partial charge on any atom is -0.462 e. The maximum absolute atomic E-state index is 11.5. The molecule has 1 aromatic rings. The Morgan fingerprint density at radius 1 is 1.44 bits per heavy atom. The molecular formula is C13H14N2O3. The van der Waals surface area contributed by atoms with Crippen LogP contribution in [-0.2, 0) is 9.53 Å². The fraction of sp³-hybridized carbons (Fsp3) is 0.308. The monoisotopic (exact) mass is 246 g/mol. The summed E-state index contributed by atoms with van der Waals surface area (Å²) in [5.41, 5.74) is 1.70. The second-order valence-corrected chi connectivity index (χ2v) is 3.63. The normalized spacial score (nSPS) is 9.39. The van der Waals surface area contributed by atoms with Crippen LogP contribution in [0.4, 0.5) is 5.69 Å². The first-order valence-corrected chi connectivity index (χ1v) is 5.53. The summed E-state index contributed by atoms with van der Waals surface area (Å²) in [5, 5.41) is 11.0. The van der Waals surface area contributed by atoms with E-state index < -0.39 is 11.9 Å². The number of carbonyl (C=O) groups excluding carboxylic acids is 2. The van der Waals surface area contributed by atoms with E-state index in [0.717, 1.165) is 5.56 Å². The molecule has 5 heteroatoms. The highest BCUT2D eigenvalue weighted by atomic mass is 16.5. The Morgan fingerprint density at radius 2 is 2.17 bits per heavy atom. The van der Waals surface area contributed by atoms with Gasteiger partial charge in [0.2, 0.25) is 5.91 Å². The Balaban J connectivity index is 2.91. The van der Waals surface area contributed by atoms with E-state index in [1.807, 2.05) is 0 Å². The third-order valence-corrected chi connectivity index (χ3v) is 2.26. The summed E-state index contributed by atoms with van der Waals surface area (Å²) >= 11 is 0. The van der Waals surface area contributed by atoms with E-state index in [2.05, 4.69) is 5.32 Å². The maximum Gasteiger partial charge on any atom is 0.338 e. The molecular weight excluding hydrogens is 232 g/mol. The molecule has 0 atom stereocenters. The molecule has 18 heavy (non-hydrogen) atoms. The summed E-state index contributed by atoms with van der Waals surface area (Å²) in [5.74, 6) is -0.838. The van der Waals surface area contributed by atoms with Gasteiger partial charge in [-0.1, -0.05) is 6.07 Å². The van der Waals surface area contributed by atoms with Gasteiger partial charge in [-0.15, -0.1) is 0 Å². The number of hydrogen-bond donors (Lipinski definition) is 1. The Bertz CT molecular complexity index is 503. The lowest BCUT2D eigenvalue weighted by Crippen LogP contribution is -2.12. The lowest BCUT2D eigenvalue weighted by atomic mass is 10.1. The van der Waals surface area contributed by atoms with Crippen molar-refractivity contribution >= 4 is 17.6 Å². The predicted octanol–water partition coefficient (Wildman–Crippen LogP) is 2.02. The van der Waals surface area contributed by atoms with E-state index in [9.17, 15) is 9.59 Å². The molecule has 0 saturated carbocycles. The number of benzene rings is 1. The third-order valence-electron chi connectivity index (χ3n) is 2.26. The predicted molar refractivity (Wildman–Crippen MR) is 66.0 cm³/mol. The van der Waals surface area contributed by atoms with Crippen LogP contribution in [0.3, 0.4) is 0 Å². The van der Waals surface area contributed by atoms with Crippen LogP contribution < -0.4 is 5.32 Å². The van der Waals surface area contributed by atoms with Gasteiger partial charge in [0.25, 0.3) is 0 Å². The fourth-order valence-corrected chi connectivity index (χ4v) is 1.36. The van der Waals surface area contributed by atoms with Crippen molar-refractivity contribution in [3.63, 3.8) is 0 Å². The topological polar surface area (TPSA) is 79.2 Å². The Morgan fingerprint density at radius 3 is 2.78 bits per heavy atom.